The van der Waals surface area contributed by atoms with E-state index in [0.29, 0.717) is 5.69 Å². The quantitative estimate of drug-likeness (QED) is 0.663. The van der Waals surface area contributed by atoms with Crippen molar-refractivity contribution in [3.63, 3.8) is 0 Å². The van der Waals surface area contributed by atoms with E-state index in [-0.39, 0.29) is 18.5 Å². The highest BCUT2D eigenvalue weighted by Gasteiger charge is 2.15. The zero-order valence-electron chi connectivity index (χ0n) is 14.6. The highest BCUT2D eigenvalue weighted by Crippen LogP contribution is 2.21. The minimum atomic E-state index is -0.521. The van der Waals surface area contributed by atoms with E-state index in [2.05, 4.69) is 41.8 Å². The first-order valence-corrected chi connectivity index (χ1v) is 8.60. The van der Waals surface area contributed by atoms with Gasteiger partial charge in [-0.05, 0) is 29.8 Å². The molecule has 0 saturated heterocycles. The molecular formula is C21H22N3O2+. The highest BCUT2D eigenvalue weighted by molar-refractivity contribution is 6.01. The van der Waals surface area contributed by atoms with E-state index in [1.807, 2.05) is 41.7 Å². The summed E-state index contributed by atoms with van der Waals surface area (Å²) in [7, 11) is 0. The molecule has 5 heteroatoms. The van der Waals surface area contributed by atoms with Crippen molar-refractivity contribution in [1.29, 1.82) is 0 Å². The molecule has 5 nitrogen and oxygen atoms in total. The fourth-order valence-corrected chi connectivity index (χ4v) is 2.92. The smallest absolute Gasteiger partial charge is 0.326 e. The van der Waals surface area contributed by atoms with Crippen LogP contribution >= 0.6 is 0 Å². The molecule has 4 N–H and O–H groups in total. The molecule has 26 heavy (non-hydrogen) atoms. The number of imide groups is 1. The number of hydrogen-bond donors (Lipinski definition) is 3. The van der Waals surface area contributed by atoms with Crippen molar-refractivity contribution in [2.24, 2.45) is 0 Å². The van der Waals surface area contributed by atoms with E-state index >= 15 is 0 Å². The Labute approximate surface area is 152 Å². The van der Waals surface area contributed by atoms with E-state index in [0.717, 1.165) is 0 Å². The van der Waals surface area contributed by atoms with Crippen LogP contribution in [0.4, 0.5) is 10.5 Å². The zero-order valence-corrected chi connectivity index (χ0v) is 14.6. The fraction of sp³-hybridized carbons (Fsp3) is 0.143. The van der Waals surface area contributed by atoms with Crippen molar-refractivity contribution >= 4 is 28.4 Å². The van der Waals surface area contributed by atoms with Gasteiger partial charge in [0.15, 0.2) is 6.54 Å². The second-order valence-electron chi connectivity index (χ2n) is 6.17. The molecule has 3 amide bonds. The number of carbonyl (C=O) groups is 2. The summed E-state index contributed by atoms with van der Waals surface area (Å²) >= 11 is 0. The molecule has 0 spiro atoms. The Hall–Kier alpha value is -3.18. The van der Waals surface area contributed by atoms with Crippen LogP contribution in [0.15, 0.2) is 72.8 Å². The average molecular weight is 348 g/mol. The van der Waals surface area contributed by atoms with Crippen LogP contribution in [0.5, 0.6) is 0 Å². The van der Waals surface area contributed by atoms with Gasteiger partial charge in [0.25, 0.3) is 5.91 Å². The first-order valence-electron chi connectivity index (χ1n) is 8.60. The maximum Gasteiger partial charge on any atom is 0.326 e. The molecule has 132 valence electrons. The SMILES string of the molecule is C[C@H]([NH2+]CC(=O)NC(=O)Nc1ccccc1)c1cccc2ccccc12. The summed E-state index contributed by atoms with van der Waals surface area (Å²) in [5, 5.41) is 9.27. The number of amides is 3. The predicted molar refractivity (Wildman–Crippen MR) is 103 cm³/mol. The van der Waals surface area contributed by atoms with Gasteiger partial charge in [-0.1, -0.05) is 60.7 Å². The molecule has 0 radical (unpaired) electrons. The third kappa shape index (κ3) is 4.46. The van der Waals surface area contributed by atoms with E-state index in [1.54, 1.807) is 12.1 Å². The average Bonchev–Trinajstić information content (AvgIpc) is 2.66. The lowest BCUT2D eigenvalue weighted by Gasteiger charge is -2.13. The molecule has 0 aliphatic carbocycles. The van der Waals surface area contributed by atoms with Crippen molar-refractivity contribution in [3.8, 4) is 0 Å². The third-order valence-corrected chi connectivity index (χ3v) is 4.26. The first-order chi connectivity index (χ1) is 12.6. The van der Waals surface area contributed by atoms with Gasteiger partial charge in [0.2, 0.25) is 0 Å². The number of fused-ring (bicyclic) bond motifs is 1. The molecule has 0 saturated carbocycles. The summed E-state index contributed by atoms with van der Waals surface area (Å²) in [4.78, 5) is 23.9. The molecular weight excluding hydrogens is 326 g/mol. The lowest BCUT2D eigenvalue weighted by molar-refractivity contribution is -0.682. The van der Waals surface area contributed by atoms with Crippen LogP contribution in [-0.4, -0.2) is 18.5 Å². The molecule has 3 aromatic carbocycles. The monoisotopic (exact) mass is 348 g/mol. The largest absolute Gasteiger partial charge is 0.332 e. The van der Waals surface area contributed by atoms with Crippen LogP contribution in [0, 0.1) is 0 Å². The van der Waals surface area contributed by atoms with Crippen molar-refractivity contribution in [2.45, 2.75) is 13.0 Å². The first kappa shape index (κ1) is 17.6. The van der Waals surface area contributed by atoms with E-state index in [4.69, 9.17) is 0 Å². The van der Waals surface area contributed by atoms with Crippen LogP contribution in [-0.2, 0) is 4.79 Å². The van der Waals surface area contributed by atoms with Crippen LogP contribution in [0.3, 0.4) is 0 Å². The number of nitrogens with one attached hydrogen (secondary N) is 2. The van der Waals surface area contributed by atoms with Gasteiger partial charge in [-0.25, -0.2) is 4.79 Å². The number of quaternary nitrogens is 1. The Morgan fingerprint density at radius 3 is 2.42 bits per heavy atom. The topological polar surface area (TPSA) is 74.8 Å². The number of para-hydroxylation sites is 1. The van der Waals surface area contributed by atoms with Crippen LogP contribution in [0.25, 0.3) is 10.8 Å². The van der Waals surface area contributed by atoms with Gasteiger partial charge in [0.05, 0.1) is 0 Å². The van der Waals surface area contributed by atoms with Crippen molar-refractivity contribution in [2.75, 3.05) is 11.9 Å². The molecule has 0 bridgehead atoms. The Morgan fingerprint density at radius 1 is 0.923 bits per heavy atom. The molecule has 1 atom stereocenters. The van der Waals surface area contributed by atoms with Gasteiger partial charge in [0.1, 0.15) is 6.04 Å². The van der Waals surface area contributed by atoms with Gasteiger partial charge < -0.3 is 10.6 Å². The van der Waals surface area contributed by atoms with Crippen LogP contribution in [0.2, 0.25) is 0 Å². The van der Waals surface area contributed by atoms with Crippen molar-refractivity contribution < 1.29 is 14.9 Å². The molecule has 0 aliphatic rings. The second kappa shape index (κ2) is 8.27. The highest BCUT2D eigenvalue weighted by atomic mass is 16.2. The van der Waals surface area contributed by atoms with E-state index in [9.17, 15) is 9.59 Å². The summed E-state index contributed by atoms with van der Waals surface area (Å²) in [6.07, 6.45) is 0. The molecule has 3 aromatic rings. The minimum absolute atomic E-state index is 0.101. The second-order valence-corrected chi connectivity index (χ2v) is 6.17. The maximum atomic E-state index is 12.0. The third-order valence-electron chi connectivity index (χ3n) is 4.26. The molecule has 0 fully saturated rings. The number of hydrogen-bond acceptors (Lipinski definition) is 2. The normalized spacial score (nSPS) is 11.7. The zero-order chi connectivity index (χ0) is 18.4. The minimum Gasteiger partial charge on any atom is -0.332 e. The number of rotatable bonds is 5. The van der Waals surface area contributed by atoms with Crippen molar-refractivity contribution in [1.82, 2.24) is 5.32 Å². The molecule has 0 aliphatic heterocycles. The van der Waals surface area contributed by atoms with Gasteiger partial charge in [-0.2, -0.15) is 0 Å². The number of nitrogens with two attached hydrogens (primary N) is 1. The van der Waals surface area contributed by atoms with Gasteiger partial charge >= 0.3 is 6.03 Å². The van der Waals surface area contributed by atoms with Gasteiger partial charge in [-0.15, -0.1) is 0 Å². The molecule has 0 aromatic heterocycles. The number of carbonyl (C=O) groups excluding carboxylic acids is 2. The summed E-state index contributed by atoms with van der Waals surface area (Å²) in [5.41, 5.74) is 1.82. The summed E-state index contributed by atoms with van der Waals surface area (Å²) in [6, 6.07) is 23.0. The molecule has 0 heterocycles. The number of urea groups is 1. The van der Waals surface area contributed by atoms with Crippen LogP contribution in [0.1, 0.15) is 18.5 Å². The number of anilines is 1. The van der Waals surface area contributed by atoms with E-state index in [1.165, 1.54) is 16.3 Å². The van der Waals surface area contributed by atoms with Crippen LogP contribution < -0.4 is 16.0 Å². The maximum absolute atomic E-state index is 12.0. The summed E-state index contributed by atoms with van der Waals surface area (Å²) in [5.74, 6) is -0.328. The Bertz CT molecular complexity index is 904. The fourth-order valence-electron chi connectivity index (χ4n) is 2.92. The van der Waals surface area contributed by atoms with E-state index < -0.39 is 6.03 Å². The number of benzene rings is 3. The summed E-state index contributed by atoms with van der Waals surface area (Å²) < 4.78 is 0. The standard InChI is InChI=1S/C21H21N3O2/c1-15(18-13-7-9-16-8-5-6-12-19(16)18)22-14-20(25)24-21(26)23-17-10-3-2-4-11-17/h2-13,15,22H,14H2,1H3,(H2,23,24,25,26)/p+1/t15-/m0/s1. The molecule has 0 unspecified atom stereocenters. The van der Waals surface area contributed by atoms with Gasteiger partial charge in [0, 0.05) is 11.3 Å². The Morgan fingerprint density at radius 2 is 1.62 bits per heavy atom. The lowest BCUT2D eigenvalue weighted by atomic mass is 10.00. The lowest BCUT2D eigenvalue weighted by Crippen LogP contribution is -2.87. The Balaban J connectivity index is 1.54. The molecule has 3 rings (SSSR count). The van der Waals surface area contributed by atoms with Gasteiger partial charge in [-0.3, -0.25) is 10.1 Å². The Kier molecular flexibility index (Phi) is 5.61. The predicted octanol–water partition coefficient (Wildman–Crippen LogP) is 2.81. The summed E-state index contributed by atoms with van der Waals surface area (Å²) in [6.45, 7) is 2.23. The van der Waals surface area contributed by atoms with Crippen molar-refractivity contribution in [3.05, 3.63) is 78.4 Å².